The van der Waals surface area contributed by atoms with Gasteiger partial charge in [-0.1, -0.05) is 71.4 Å². The van der Waals surface area contributed by atoms with E-state index < -0.39 is 5.54 Å². The highest BCUT2D eigenvalue weighted by Gasteiger charge is 2.39. The Morgan fingerprint density at radius 1 is 1.16 bits per heavy atom. The monoisotopic (exact) mass is 471 g/mol. The Labute approximate surface area is 194 Å². The number of carbonyl (C=O) groups is 1. The van der Waals surface area contributed by atoms with Crippen LogP contribution in [0.1, 0.15) is 27.2 Å². The van der Waals surface area contributed by atoms with Crippen molar-refractivity contribution in [2.45, 2.75) is 12.0 Å². The first-order valence-electron chi connectivity index (χ1n) is 9.47. The quantitative estimate of drug-likeness (QED) is 0.504. The van der Waals surface area contributed by atoms with E-state index in [0.29, 0.717) is 15.9 Å². The Balaban J connectivity index is 1.70. The van der Waals surface area contributed by atoms with Gasteiger partial charge in [0.25, 0.3) is 0 Å². The molecule has 0 spiro atoms. The standard InChI is InChI=1S/C23H19Cl2N3O2S/c1-30-18-7-3-6-16(10-18)23(13-31-22(26)28-23)15-5-2-4-14(8-15)9-20(29)21-19(25)11-17(24)12-27-21/h2-8,10-12H,9,13H2,1H3,(H2,26,28). The summed E-state index contributed by atoms with van der Waals surface area (Å²) in [5.74, 6) is 1.23. The molecule has 0 radical (unpaired) electrons. The summed E-state index contributed by atoms with van der Waals surface area (Å²) >= 11 is 13.6. The van der Waals surface area contributed by atoms with E-state index >= 15 is 0 Å². The van der Waals surface area contributed by atoms with E-state index in [9.17, 15) is 4.79 Å². The molecule has 1 atom stereocenters. The van der Waals surface area contributed by atoms with E-state index in [1.165, 1.54) is 24.0 Å². The third-order valence-electron chi connectivity index (χ3n) is 5.12. The molecule has 8 heteroatoms. The SMILES string of the molecule is COc1cccc(C2(c3cccc(CC(=O)c4ncc(Cl)cc4Cl)c3)CSC(N)=N2)c1. The van der Waals surface area contributed by atoms with Crippen LogP contribution in [-0.2, 0) is 12.0 Å². The van der Waals surface area contributed by atoms with Gasteiger partial charge >= 0.3 is 0 Å². The number of hydrogen-bond donors (Lipinski definition) is 1. The molecule has 0 aliphatic carbocycles. The Morgan fingerprint density at radius 2 is 1.90 bits per heavy atom. The number of pyridine rings is 1. The van der Waals surface area contributed by atoms with E-state index in [-0.39, 0.29) is 22.9 Å². The van der Waals surface area contributed by atoms with Gasteiger partial charge in [-0.25, -0.2) is 9.98 Å². The van der Waals surface area contributed by atoms with Crippen molar-refractivity contribution in [2.24, 2.45) is 10.7 Å². The Bertz CT molecular complexity index is 1180. The maximum Gasteiger partial charge on any atom is 0.187 e. The Hall–Kier alpha value is -2.54. The second-order valence-corrected chi connectivity index (χ2v) is 8.95. The molecular formula is C23H19Cl2N3O2S. The number of ketones is 1. The highest BCUT2D eigenvalue weighted by Crippen LogP contribution is 2.42. The molecule has 0 bridgehead atoms. The van der Waals surface area contributed by atoms with Crippen molar-refractivity contribution in [3.8, 4) is 5.75 Å². The molecule has 0 amide bonds. The van der Waals surface area contributed by atoms with Gasteiger partial charge in [-0.2, -0.15) is 0 Å². The Morgan fingerprint density at radius 3 is 2.58 bits per heavy atom. The van der Waals surface area contributed by atoms with Gasteiger partial charge in [-0.15, -0.1) is 0 Å². The van der Waals surface area contributed by atoms with Gasteiger partial charge in [0.2, 0.25) is 0 Å². The molecule has 158 valence electrons. The van der Waals surface area contributed by atoms with Crippen molar-refractivity contribution < 1.29 is 9.53 Å². The molecule has 1 unspecified atom stereocenters. The first-order valence-corrected chi connectivity index (χ1v) is 11.2. The highest BCUT2D eigenvalue weighted by molar-refractivity contribution is 8.14. The largest absolute Gasteiger partial charge is 0.497 e. The second-order valence-electron chi connectivity index (χ2n) is 7.12. The summed E-state index contributed by atoms with van der Waals surface area (Å²) in [6, 6.07) is 17.2. The van der Waals surface area contributed by atoms with Crippen LogP contribution in [0.3, 0.4) is 0 Å². The normalized spacial score (nSPS) is 18.0. The van der Waals surface area contributed by atoms with Gasteiger partial charge in [0, 0.05) is 18.4 Å². The van der Waals surface area contributed by atoms with Crippen molar-refractivity contribution in [1.82, 2.24) is 4.98 Å². The van der Waals surface area contributed by atoms with Crippen LogP contribution >= 0.6 is 35.0 Å². The number of nitrogens with two attached hydrogens (primary N) is 1. The van der Waals surface area contributed by atoms with Crippen molar-refractivity contribution >= 4 is 45.9 Å². The van der Waals surface area contributed by atoms with Crippen LogP contribution in [0, 0.1) is 0 Å². The molecule has 0 fully saturated rings. The van der Waals surface area contributed by atoms with Crippen LogP contribution in [0.2, 0.25) is 10.0 Å². The number of benzene rings is 2. The molecule has 1 aliphatic rings. The molecule has 2 heterocycles. The smallest absolute Gasteiger partial charge is 0.187 e. The average Bonchev–Trinajstić information content (AvgIpc) is 3.17. The summed E-state index contributed by atoms with van der Waals surface area (Å²) in [6.45, 7) is 0. The molecule has 0 saturated heterocycles. The number of carbonyl (C=O) groups excluding carboxylic acids is 1. The number of amidine groups is 1. The first-order chi connectivity index (χ1) is 14.9. The molecule has 3 aromatic rings. The van der Waals surface area contributed by atoms with E-state index in [1.807, 2.05) is 48.5 Å². The highest BCUT2D eigenvalue weighted by atomic mass is 35.5. The number of ether oxygens (including phenoxy) is 1. The number of halogens is 2. The first kappa shape index (κ1) is 21.7. The minimum absolute atomic E-state index is 0.155. The van der Waals surface area contributed by atoms with E-state index in [4.69, 9.17) is 38.7 Å². The fourth-order valence-electron chi connectivity index (χ4n) is 3.60. The molecule has 1 aromatic heterocycles. The van der Waals surface area contributed by atoms with Crippen molar-refractivity contribution in [3.05, 3.63) is 93.2 Å². The number of hydrogen-bond acceptors (Lipinski definition) is 6. The second kappa shape index (κ2) is 8.91. The molecule has 2 aromatic carbocycles. The fraction of sp³-hybridized carbons (Fsp3) is 0.174. The summed E-state index contributed by atoms with van der Waals surface area (Å²) in [6.07, 6.45) is 1.57. The van der Waals surface area contributed by atoms with Gasteiger partial charge in [0.15, 0.2) is 11.0 Å². The summed E-state index contributed by atoms with van der Waals surface area (Å²) < 4.78 is 5.41. The van der Waals surface area contributed by atoms with Crippen LogP contribution in [-0.4, -0.2) is 28.8 Å². The average molecular weight is 472 g/mol. The number of Topliss-reactive ketones (excluding diaryl/α,β-unsaturated/α-hetero) is 1. The summed E-state index contributed by atoms with van der Waals surface area (Å²) in [5, 5.41) is 1.16. The van der Waals surface area contributed by atoms with Crippen LogP contribution in [0.15, 0.2) is 65.8 Å². The maximum absolute atomic E-state index is 12.8. The number of methoxy groups -OCH3 is 1. The minimum atomic E-state index is -0.654. The number of aliphatic imine (C=N–C) groups is 1. The molecule has 4 rings (SSSR count). The molecule has 2 N–H and O–H groups in total. The molecule has 0 saturated carbocycles. The van der Waals surface area contributed by atoms with E-state index in [0.717, 1.165) is 22.4 Å². The van der Waals surface area contributed by atoms with Gasteiger partial charge in [0.05, 0.1) is 17.2 Å². The number of aromatic nitrogens is 1. The molecule has 5 nitrogen and oxygen atoms in total. The summed E-state index contributed by atoms with van der Waals surface area (Å²) in [5.41, 5.74) is 8.39. The van der Waals surface area contributed by atoms with Crippen molar-refractivity contribution in [1.29, 1.82) is 0 Å². The third-order valence-corrected chi connectivity index (χ3v) is 6.56. The van der Waals surface area contributed by atoms with Crippen LogP contribution in [0.5, 0.6) is 5.75 Å². The lowest BCUT2D eigenvalue weighted by atomic mass is 9.84. The topological polar surface area (TPSA) is 77.6 Å². The zero-order valence-corrected chi connectivity index (χ0v) is 19.0. The maximum atomic E-state index is 12.8. The third kappa shape index (κ3) is 4.42. The van der Waals surface area contributed by atoms with Crippen molar-refractivity contribution in [2.75, 3.05) is 12.9 Å². The van der Waals surface area contributed by atoms with Crippen LogP contribution in [0.4, 0.5) is 0 Å². The lowest BCUT2D eigenvalue weighted by Crippen LogP contribution is -2.26. The molecule has 1 aliphatic heterocycles. The number of thioether (sulfide) groups is 1. The minimum Gasteiger partial charge on any atom is -0.497 e. The zero-order chi connectivity index (χ0) is 22.0. The lowest BCUT2D eigenvalue weighted by molar-refractivity contribution is 0.0988. The lowest BCUT2D eigenvalue weighted by Gasteiger charge is -2.27. The number of rotatable bonds is 6. The summed E-state index contributed by atoms with van der Waals surface area (Å²) in [4.78, 5) is 21.7. The van der Waals surface area contributed by atoms with Gasteiger partial charge in [0.1, 0.15) is 17.0 Å². The van der Waals surface area contributed by atoms with Crippen molar-refractivity contribution in [3.63, 3.8) is 0 Å². The van der Waals surface area contributed by atoms with Gasteiger partial charge in [-0.05, 0) is 34.9 Å². The fourth-order valence-corrected chi connectivity index (χ4v) is 5.06. The van der Waals surface area contributed by atoms with Crippen LogP contribution < -0.4 is 10.5 Å². The molecular weight excluding hydrogens is 453 g/mol. The summed E-state index contributed by atoms with van der Waals surface area (Å²) in [7, 11) is 1.63. The number of nitrogens with zero attached hydrogens (tertiary/aromatic N) is 2. The van der Waals surface area contributed by atoms with E-state index in [2.05, 4.69) is 4.98 Å². The predicted octanol–water partition coefficient (Wildman–Crippen LogP) is 5.13. The predicted molar refractivity (Wildman–Crippen MR) is 127 cm³/mol. The van der Waals surface area contributed by atoms with Crippen LogP contribution in [0.25, 0.3) is 0 Å². The molecule has 31 heavy (non-hydrogen) atoms. The van der Waals surface area contributed by atoms with Gasteiger partial charge < -0.3 is 10.5 Å². The van der Waals surface area contributed by atoms with E-state index in [1.54, 1.807) is 7.11 Å². The zero-order valence-electron chi connectivity index (χ0n) is 16.6. The Kier molecular flexibility index (Phi) is 6.23. The van der Waals surface area contributed by atoms with Gasteiger partial charge in [-0.3, -0.25) is 4.79 Å².